The Balaban J connectivity index is 3.08. The van der Waals surface area contributed by atoms with Crippen molar-refractivity contribution in [3.8, 4) is 17.2 Å². The van der Waals surface area contributed by atoms with Gasteiger partial charge in [0.15, 0.2) is 11.5 Å². The smallest absolute Gasteiger partial charge is 0.307 e. The van der Waals surface area contributed by atoms with E-state index in [1.165, 1.54) is 21.3 Å². The second-order valence-corrected chi connectivity index (χ2v) is 4.04. The van der Waals surface area contributed by atoms with Gasteiger partial charge in [0.25, 0.3) is 0 Å². The van der Waals surface area contributed by atoms with Crippen molar-refractivity contribution >= 4 is 5.97 Å². The first-order valence-corrected chi connectivity index (χ1v) is 6.29. The van der Waals surface area contributed by atoms with Crippen molar-refractivity contribution in [1.82, 2.24) is 0 Å². The van der Waals surface area contributed by atoms with Crippen LogP contribution in [0.25, 0.3) is 0 Å². The van der Waals surface area contributed by atoms with Crippen molar-refractivity contribution in [3.63, 3.8) is 0 Å². The Morgan fingerprint density at radius 3 is 2.30 bits per heavy atom. The minimum absolute atomic E-state index is 0.0691. The molecule has 1 aromatic carbocycles. The number of carbonyl (C=O) groups is 1. The van der Waals surface area contributed by atoms with Crippen molar-refractivity contribution in [1.29, 1.82) is 0 Å². The van der Waals surface area contributed by atoms with E-state index in [9.17, 15) is 4.79 Å². The molecule has 0 heterocycles. The Morgan fingerprint density at radius 1 is 1.15 bits per heavy atom. The molecule has 0 saturated carbocycles. The third kappa shape index (κ3) is 3.54. The fourth-order valence-electron chi connectivity index (χ4n) is 1.93. The lowest BCUT2D eigenvalue weighted by molar-refractivity contribution is -0.143. The lowest BCUT2D eigenvalue weighted by Crippen LogP contribution is -2.18. The van der Waals surface area contributed by atoms with Crippen LogP contribution in [0.4, 0.5) is 0 Å². The predicted octanol–water partition coefficient (Wildman–Crippen LogP) is 1.67. The summed E-state index contributed by atoms with van der Waals surface area (Å²) in [6.07, 6.45) is 0.0691. The number of esters is 1. The molecule has 6 heteroatoms. The van der Waals surface area contributed by atoms with Crippen LogP contribution < -0.4 is 19.9 Å². The van der Waals surface area contributed by atoms with Crippen LogP contribution in [0.5, 0.6) is 17.2 Å². The first-order chi connectivity index (χ1) is 9.58. The number of methoxy groups -OCH3 is 3. The van der Waals surface area contributed by atoms with E-state index in [1.54, 1.807) is 19.1 Å². The highest BCUT2D eigenvalue weighted by molar-refractivity contribution is 5.71. The molecule has 0 aromatic heterocycles. The summed E-state index contributed by atoms with van der Waals surface area (Å²) >= 11 is 0. The largest absolute Gasteiger partial charge is 0.493 e. The molecule has 6 nitrogen and oxygen atoms in total. The van der Waals surface area contributed by atoms with Crippen molar-refractivity contribution in [2.45, 2.75) is 19.4 Å². The molecule has 0 fully saturated rings. The van der Waals surface area contributed by atoms with Gasteiger partial charge >= 0.3 is 5.97 Å². The highest BCUT2D eigenvalue weighted by atomic mass is 16.5. The number of hydrogen-bond donors (Lipinski definition) is 1. The zero-order chi connectivity index (χ0) is 15.1. The summed E-state index contributed by atoms with van der Waals surface area (Å²) in [5.74, 6) is 1.10. The maximum Gasteiger partial charge on any atom is 0.307 e. The quantitative estimate of drug-likeness (QED) is 0.767. The highest BCUT2D eigenvalue weighted by Crippen LogP contribution is 2.42. The summed E-state index contributed by atoms with van der Waals surface area (Å²) in [6, 6.07) is 2.94. The molecule has 1 unspecified atom stereocenters. The lowest BCUT2D eigenvalue weighted by atomic mass is 10.0. The Hall–Kier alpha value is -1.95. The molecule has 0 aliphatic heterocycles. The van der Waals surface area contributed by atoms with Gasteiger partial charge < -0.3 is 24.7 Å². The Bertz CT molecular complexity index is 461. The van der Waals surface area contributed by atoms with Gasteiger partial charge in [-0.25, -0.2) is 0 Å². The lowest BCUT2D eigenvalue weighted by Gasteiger charge is -2.19. The van der Waals surface area contributed by atoms with Crippen LogP contribution in [-0.2, 0) is 9.53 Å². The molecular weight excluding hydrogens is 262 g/mol. The molecule has 0 saturated heterocycles. The van der Waals surface area contributed by atoms with Gasteiger partial charge in [-0.2, -0.15) is 0 Å². The first-order valence-electron chi connectivity index (χ1n) is 6.29. The molecule has 0 amide bonds. The molecule has 1 rings (SSSR count). The van der Waals surface area contributed by atoms with Crippen molar-refractivity contribution in [3.05, 3.63) is 17.7 Å². The summed E-state index contributed by atoms with van der Waals surface area (Å²) in [4.78, 5) is 11.5. The molecule has 0 spiro atoms. The molecule has 0 aliphatic rings. The fraction of sp³-hybridized carbons (Fsp3) is 0.500. The monoisotopic (exact) mass is 283 g/mol. The van der Waals surface area contributed by atoms with E-state index >= 15 is 0 Å². The summed E-state index contributed by atoms with van der Waals surface area (Å²) in [5, 5.41) is 0. The summed E-state index contributed by atoms with van der Waals surface area (Å²) in [7, 11) is 4.56. The van der Waals surface area contributed by atoms with E-state index in [1.807, 2.05) is 0 Å². The normalized spacial score (nSPS) is 11.7. The van der Waals surface area contributed by atoms with Gasteiger partial charge in [0.05, 0.1) is 34.4 Å². The average Bonchev–Trinajstić information content (AvgIpc) is 2.45. The second kappa shape index (κ2) is 7.59. The minimum atomic E-state index is -0.538. The standard InChI is InChI=1S/C14H21NO5/c1-5-20-12(16)8-10(15)9-6-7-11(17-2)14(19-4)13(9)18-3/h6-7,10H,5,8,15H2,1-4H3. The van der Waals surface area contributed by atoms with Crippen molar-refractivity contribution in [2.24, 2.45) is 5.73 Å². The van der Waals surface area contributed by atoms with Gasteiger partial charge in [-0.05, 0) is 19.1 Å². The summed E-state index contributed by atoms with van der Waals surface area (Å²) in [5.41, 5.74) is 6.71. The molecule has 0 aliphatic carbocycles. The number of nitrogens with two attached hydrogens (primary N) is 1. The Labute approximate surface area is 118 Å². The maximum atomic E-state index is 11.5. The van der Waals surface area contributed by atoms with Gasteiger partial charge in [0.1, 0.15) is 0 Å². The van der Waals surface area contributed by atoms with Gasteiger partial charge in [-0.3, -0.25) is 4.79 Å². The number of hydrogen-bond acceptors (Lipinski definition) is 6. The van der Waals surface area contributed by atoms with E-state index in [-0.39, 0.29) is 12.4 Å². The fourth-order valence-corrected chi connectivity index (χ4v) is 1.93. The zero-order valence-corrected chi connectivity index (χ0v) is 12.3. The predicted molar refractivity (Wildman–Crippen MR) is 74.3 cm³/mol. The van der Waals surface area contributed by atoms with Gasteiger partial charge in [-0.15, -0.1) is 0 Å². The van der Waals surface area contributed by atoms with Gasteiger partial charge in [0.2, 0.25) is 5.75 Å². The first kappa shape index (κ1) is 16.1. The second-order valence-electron chi connectivity index (χ2n) is 4.04. The number of rotatable bonds is 7. The van der Waals surface area contributed by atoms with Crippen molar-refractivity contribution < 1.29 is 23.7 Å². The van der Waals surface area contributed by atoms with Crippen LogP contribution in [-0.4, -0.2) is 33.9 Å². The molecule has 0 radical (unpaired) electrons. The zero-order valence-electron chi connectivity index (χ0n) is 12.3. The highest BCUT2D eigenvalue weighted by Gasteiger charge is 2.22. The molecule has 0 bridgehead atoms. The van der Waals surface area contributed by atoms with Crippen LogP contribution in [0, 0.1) is 0 Å². The Kier molecular flexibility index (Phi) is 6.11. The molecule has 20 heavy (non-hydrogen) atoms. The van der Waals surface area contributed by atoms with Gasteiger partial charge in [-0.1, -0.05) is 0 Å². The van der Waals surface area contributed by atoms with Crippen LogP contribution in [0.2, 0.25) is 0 Å². The SMILES string of the molecule is CCOC(=O)CC(N)c1ccc(OC)c(OC)c1OC. The topological polar surface area (TPSA) is 80.0 Å². The summed E-state index contributed by atoms with van der Waals surface area (Å²) < 4.78 is 20.7. The van der Waals surface area contributed by atoms with E-state index in [0.717, 1.165) is 0 Å². The average molecular weight is 283 g/mol. The third-order valence-corrected chi connectivity index (χ3v) is 2.83. The molecule has 1 aromatic rings. The molecule has 2 N–H and O–H groups in total. The van der Waals surface area contributed by atoms with Gasteiger partial charge in [0, 0.05) is 11.6 Å². The maximum absolute atomic E-state index is 11.5. The van der Waals surface area contributed by atoms with Crippen LogP contribution >= 0.6 is 0 Å². The van der Waals surface area contributed by atoms with Crippen LogP contribution in [0.15, 0.2) is 12.1 Å². The van der Waals surface area contributed by atoms with Crippen LogP contribution in [0.3, 0.4) is 0 Å². The molecular formula is C14H21NO5. The van der Waals surface area contributed by atoms with Crippen molar-refractivity contribution in [2.75, 3.05) is 27.9 Å². The van der Waals surface area contributed by atoms with E-state index < -0.39 is 6.04 Å². The third-order valence-electron chi connectivity index (χ3n) is 2.83. The molecule has 112 valence electrons. The van der Waals surface area contributed by atoms with E-state index in [2.05, 4.69) is 0 Å². The van der Waals surface area contributed by atoms with Crippen LogP contribution in [0.1, 0.15) is 24.9 Å². The minimum Gasteiger partial charge on any atom is -0.493 e. The Morgan fingerprint density at radius 2 is 1.80 bits per heavy atom. The summed E-state index contributed by atoms with van der Waals surface area (Å²) in [6.45, 7) is 2.08. The molecule has 1 atom stereocenters. The number of benzene rings is 1. The van der Waals surface area contributed by atoms with E-state index in [0.29, 0.717) is 29.4 Å². The van der Waals surface area contributed by atoms with E-state index in [4.69, 9.17) is 24.7 Å². The number of ether oxygens (including phenoxy) is 4. The number of carbonyl (C=O) groups excluding carboxylic acids is 1.